The summed E-state index contributed by atoms with van der Waals surface area (Å²) in [5, 5.41) is 4.68. The molecule has 1 aromatic heterocycles. The van der Waals surface area contributed by atoms with E-state index in [1.54, 1.807) is 7.11 Å². The monoisotopic (exact) mass is 311 g/mol. The molecule has 1 saturated heterocycles. The third kappa shape index (κ3) is 4.94. The van der Waals surface area contributed by atoms with Crippen LogP contribution in [0, 0.1) is 0 Å². The second kappa shape index (κ2) is 8.71. The van der Waals surface area contributed by atoms with E-state index in [1.807, 2.05) is 11.3 Å². The minimum Gasteiger partial charge on any atom is -0.383 e. The number of nitrogens with zero attached hydrogens (tertiary/aromatic N) is 2. The molecule has 2 rings (SSSR count). The van der Waals surface area contributed by atoms with Gasteiger partial charge in [0, 0.05) is 38.2 Å². The van der Waals surface area contributed by atoms with Crippen LogP contribution in [0.3, 0.4) is 0 Å². The van der Waals surface area contributed by atoms with Crippen molar-refractivity contribution in [1.29, 1.82) is 0 Å². The Hall–Kier alpha value is -0.650. The van der Waals surface area contributed by atoms with Gasteiger partial charge in [-0.15, -0.1) is 11.3 Å². The summed E-state index contributed by atoms with van der Waals surface area (Å²) in [6, 6.07) is 0. The summed E-state index contributed by atoms with van der Waals surface area (Å²) in [5.74, 6) is 0.487. The maximum absolute atomic E-state index is 5.09. The number of hydrogen-bond acceptors (Lipinski definition) is 5. The molecule has 2 heterocycles. The van der Waals surface area contributed by atoms with E-state index in [2.05, 4.69) is 24.1 Å². The fourth-order valence-corrected chi connectivity index (χ4v) is 3.94. The van der Waals surface area contributed by atoms with Crippen molar-refractivity contribution in [3.8, 4) is 0 Å². The largest absolute Gasteiger partial charge is 0.383 e. The van der Waals surface area contributed by atoms with Crippen LogP contribution < -0.4 is 10.2 Å². The Labute approximate surface area is 132 Å². The predicted octanol–water partition coefficient (Wildman–Crippen LogP) is 3.38. The van der Waals surface area contributed by atoms with E-state index in [-0.39, 0.29) is 0 Å². The first-order valence-corrected chi connectivity index (χ1v) is 8.98. The molecule has 4 nitrogen and oxygen atoms in total. The molecule has 21 heavy (non-hydrogen) atoms. The van der Waals surface area contributed by atoms with Crippen molar-refractivity contribution in [3.63, 3.8) is 0 Å². The number of aromatic nitrogens is 1. The van der Waals surface area contributed by atoms with Crippen LogP contribution in [0.2, 0.25) is 0 Å². The predicted molar refractivity (Wildman–Crippen MR) is 90.5 cm³/mol. The van der Waals surface area contributed by atoms with Gasteiger partial charge >= 0.3 is 0 Å². The molecule has 0 aliphatic carbocycles. The molecular weight excluding hydrogens is 282 g/mol. The molecule has 0 unspecified atom stereocenters. The van der Waals surface area contributed by atoms with E-state index in [0.29, 0.717) is 5.92 Å². The molecule has 0 radical (unpaired) electrons. The van der Waals surface area contributed by atoms with Crippen molar-refractivity contribution in [2.24, 2.45) is 0 Å². The fourth-order valence-electron chi connectivity index (χ4n) is 2.70. The van der Waals surface area contributed by atoms with Gasteiger partial charge in [0.1, 0.15) is 0 Å². The van der Waals surface area contributed by atoms with E-state index in [0.717, 1.165) is 19.7 Å². The molecule has 0 aromatic carbocycles. The van der Waals surface area contributed by atoms with Gasteiger partial charge < -0.3 is 15.0 Å². The van der Waals surface area contributed by atoms with Gasteiger partial charge in [0.2, 0.25) is 0 Å². The first-order valence-electron chi connectivity index (χ1n) is 8.16. The summed E-state index contributed by atoms with van der Waals surface area (Å²) < 4.78 is 5.09. The van der Waals surface area contributed by atoms with Crippen LogP contribution in [0.1, 0.15) is 56.0 Å². The Morgan fingerprint density at radius 2 is 1.95 bits per heavy atom. The highest BCUT2D eigenvalue weighted by molar-refractivity contribution is 7.15. The van der Waals surface area contributed by atoms with Crippen LogP contribution >= 0.6 is 11.3 Å². The molecule has 1 aromatic rings. The Morgan fingerprint density at radius 1 is 1.24 bits per heavy atom. The summed E-state index contributed by atoms with van der Waals surface area (Å²) in [4.78, 5) is 8.82. The molecule has 1 fully saturated rings. The summed E-state index contributed by atoms with van der Waals surface area (Å²) in [6.45, 7) is 9.37. The summed E-state index contributed by atoms with van der Waals surface area (Å²) >= 11 is 1.87. The third-order valence-electron chi connectivity index (χ3n) is 3.91. The van der Waals surface area contributed by atoms with Crippen LogP contribution in [0.25, 0.3) is 0 Å². The molecule has 0 atom stereocenters. The number of ether oxygens (including phenoxy) is 1. The Kier molecular flexibility index (Phi) is 6.93. The fraction of sp³-hybridized carbons (Fsp3) is 0.812. The Balaban J connectivity index is 2.04. The molecule has 1 N–H and O–H groups in total. The van der Waals surface area contributed by atoms with Gasteiger partial charge in [-0.2, -0.15) is 0 Å². The smallest absolute Gasteiger partial charge is 0.185 e. The topological polar surface area (TPSA) is 37.4 Å². The minimum absolute atomic E-state index is 0.487. The zero-order valence-corrected chi connectivity index (χ0v) is 14.5. The zero-order chi connectivity index (χ0) is 15.1. The lowest BCUT2D eigenvalue weighted by molar-refractivity contribution is 0.199. The van der Waals surface area contributed by atoms with Crippen molar-refractivity contribution in [1.82, 2.24) is 10.3 Å². The Morgan fingerprint density at radius 3 is 2.57 bits per heavy atom. The van der Waals surface area contributed by atoms with Crippen LogP contribution in [-0.2, 0) is 11.3 Å². The maximum Gasteiger partial charge on any atom is 0.185 e. The molecule has 1 aliphatic heterocycles. The minimum atomic E-state index is 0.487. The average Bonchev–Trinajstić information content (AvgIpc) is 2.70. The molecule has 0 spiro atoms. The van der Waals surface area contributed by atoms with Crippen LogP contribution in [0.4, 0.5) is 5.13 Å². The highest BCUT2D eigenvalue weighted by Gasteiger charge is 2.18. The molecule has 5 heteroatoms. The molecule has 0 amide bonds. The highest BCUT2D eigenvalue weighted by atomic mass is 32.1. The van der Waals surface area contributed by atoms with Crippen LogP contribution in [0.5, 0.6) is 0 Å². The van der Waals surface area contributed by atoms with Crippen molar-refractivity contribution < 1.29 is 4.74 Å². The SMILES string of the molecule is COCCNCc1sc(N2CCCCCC2)nc1C(C)C. The third-order valence-corrected chi connectivity index (χ3v) is 5.04. The van der Waals surface area contributed by atoms with Crippen molar-refractivity contribution in [2.75, 3.05) is 38.3 Å². The van der Waals surface area contributed by atoms with Gasteiger partial charge in [-0.3, -0.25) is 0 Å². The number of anilines is 1. The van der Waals surface area contributed by atoms with Crippen molar-refractivity contribution >= 4 is 16.5 Å². The zero-order valence-electron chi connectivity index (χ0n) is 13.7. The normalized spacial score (nSPS) is 16.5. The highest BCUT2D eigenvalue weighted by Crippen LogP contribution is 2.31. The van der Waals surface area contributed by atoms with E-state index < -0.39 is 0 Å². The van der Waals surface area contributed by atoms with Crippen LogP contribution in [0.15, 0.2) is 0 Å². The van der Waals surface area contributed by atoms with Gasteiger partial charge in [0.15, 0.2) is 5.13 Å². The molecule has 0 saturated carbocycles. The second-order valence-electron chi connectivity index (χ2n) is 6.03. The van der Waals surface area contributed by atoms with Gasteiger partial charge in [0.05, 0.1) is 12.3 Å². The van der Waals surface area contributed by atoms with Gasteiger partial charge in [0.25, 0.3) is 0 Å². The lowest BCUT2D eigenvalue weighted by Crippen LogP contribution is -2.23. The number of hydrogen-bond donors (Lipinski definition) is 1. The number of rotatable bonds is 7. The average molecular weight is 311 g/mol. The lowest BCUT2D eigenvalue weighted by atomic mass is 10.1. The summed E-state index contributed by atoms with van der Waals surface area (Å²) in [7, 11) is 1.74. The number of methoxy groups -OCH3 is 1. The molecular formula is C16H29N3OS. The van der Waals surface area contributed by atoms with Crippen molar-refractivity contribution in [2.45, 2.75) is 52.0 Å². The van der Waals surface area contributed by atoms with E-state index in [9.17, 15) is 0 Å². The first kappa shape index (κ1) is 16.7. The van der Waals surface area contributed by atoms with Gasteiger partial charge in [-0.1, -0.05) is 26.7 Å². The first-order chi connectivity index (χ1) is 10.2. The summed E-state index contributed by atoms with van der Waals surface area (Å²) in [6.07, 6.45) is 5.34. The number of nitrogens with one attached hydrogen (secondary N) is 1. The maximum atomic E-state index is 5.09. The molecule has 1 aliphatic rings. The van der Waals surface area contributed by atoms with Crippen molar-refractivity contribution in [3.05, 3.63) is 10.6 Å². The summed E-state index contributed by atoms with van der Waals surface area (Å²) in [5.41, 5.74) is 1.27. The second-order valence-corrected chi connectivity index (χ2v) is 7.09. The van der Waals surface area contributed by atoms with E-state index in [4.69, 9.17) is 9.72 Å². The molecule has 0 bridgehead atoms. The quantitative estimate of drug-likeness (QED) is 0.783. The van der Waals surface area contributed by atoms with Crippen LogP contribution in [-0.4, -0.2) is 38.3 Å². The standard InChI is InChI=1S/C16H29N3OS/c1-13(2)15-14(12-17-8-11-20-3)21-16(18-15)19-9-6-4-5-7-10-19/h13,17H,4-12H2,1-3H3. The van der Waals surface area contributed by atoms with E-state index in [1.165, 1.54) is 54.5 Å². The van der Waals surface area contributed by atoms with Gasteiger partial charge in [-0.05, 0) is 18.8 Å². The Bertz CT molecular complexity index is 412. The van der Waals surface area contributed by atoms with E-state index >= 15 is 0 Å². The van der Waals surface area contributed by atoms with Gasteiger partial charge in [-0.25, -0.2) is 4.98 Å². The molecule has 120 valence electrons. The number of thiazole rings is 1. The lowest BCUT2D eigenvalue weighted by Gasteiger charge is -2.18.